The van der Waals surface area contributed by atoms with Crippen LogP contribution in [0.3, 0.4) is 0 Å². The van der Waals surface area contributed by atoms with Crippen molar-refractivity contribution in [3.63, 3.8) is 0 Å². The van der Waals surface area contributed by atoms with Gasteiger partial charge in [0.15, 0.2) is 5.82 Å². The standard InChI is InChI=1S/C25H23N5O3S/c1-32-18-14-12-16(13-15-18)21-22(24(31)26-19-10-6-7-11-20(19)33-2)34-25-28-27-23(30(25)29-21)17-8-4-3-5-9-17/h3-15,21-22,29H,1-2H3,(H,26,31)/t21-,22+/m1/s1. The Bertz CT molecular complexity index is 1290. The van der Waals surface area contributed by atoms with Crippen LogP contribution in [0.5, 0.6) is 11.5 Å². The van der Waals surface area contributed by atoms with Gasteiger partial charge in [-0.15, -0.1) is 10.2 Å². The van der Waals surface area contributed by atoms with Crippen molar-refractivity contribution in [2.24, 2.45) is 0 Å². The molecule has 0 aliphatic carbocycles. The van der Waals surface area contributed by atoms with Crippen LogP contribution in [-0.2, 0) is 4.79 Å². The van der Waals surface area contributed by atoms with E-state index in [1.54, 1.807) is 14.2 Å². The summed E-state index contributed by atoms with van der Waals surface area (Å²) in [5.74, 6) is 1.86. The number of thioether (sulfide) groups is 1. The predicted octanol–water partition coefficient (Wildman–Crippen LogP) is 4.36. The van der Waals surface area contributed by atoms with E-state index in [-0.39, 0.29) is 11.9 Å². The molecule has 1 aliphatic heterocycles. The normalized spacial score (nSPS) is 16.8. The highest BCUT2D eigenvalue weighted by molar-refractivity contribution is 8.00. The Balaban J connectivity index is 1.51. The van der Waals surface area contributed by atoms with E-state index in [0.29, 0.717) is 22.4 Å². The second kappa shape index (κ2) is 9.48. The molecular formula is C25H23N5O3S. The average molecular weight is 474 g/mol. The zero-order valence-electron chi connectivity index (χ0n) is 18.6. The zero-order chi connectivity index (χ0) is 23.5. The van der Waals surface area contributed by atoms with E-state index in [1.165, 1.54) is 11.8 Å². The molecule has 34 heavy (non-hydrogen) atoms. The van der Waals surface area contributed by atoms with Crippen molar-refractivity contribution >= 4 is 23.4 Å². The van der Waals surface area contributed by atoms with E-state index >= 15 is 0 Å². The lowest BCUT2D eigenvalue weighted by atomic mass is 10.0. The van der Waals surface area contributed by atoms with Crippen LogP contribution in [0, 0.1) is 0 Å². The zero-order valence-corrected chi connectivity index (χ0v) is 19.5. The minimum absolute atomic E-state index is 0.168. The number of nitrogens with one attached hydrogen (secondary N) is 2. The van der Waals surface area contributed by atoms with Crippen LogP contribution in [0.25, 0.3) is 11.4 Å². The van der Waals surface area contributed by atoms with Crippen molar-refractivity contribution in [2.75, 3.05) is 25.0 Å². The van der Waals surface area contributed by atoms with E-state index in [1.807, 2.05) is 83.5 Å². The SMILES string of the molecule is COc1ccc([C@H]2Nn3c(nnc3-c3ccccc3)S[C@@H]2C(=O)Nc2ccccc2OC)cc1. The maximum Gasteiger partial charge on any atom is 0.240 e. The number of carbonyl (C=O) groups excluding carboxylic acids is 1. The Kier molecular flexibility index (Phi) is 6.09. The number of carbonyl (C=O) groups is 1. The molecule has 5 rings (SSSR count). The first-order chi connectivity index (χ1) is 16.7. The molecule has 0 fully saturated rings. The van der Waals surface area contributed by atoms with Crippen molar-refractivity contribution in [1.29, 1.82) is 0 Å². The van der Waals surface area contributed by atoms with E-state index in [4.69, 9.17) is 9.47 Å². The number of amides is 1. The smallest absolute Gasteiger partial charge is 0.240 e. The summed E-state index contributed by atoms with van der Waals surface area (Å²) < 4.78 is 12.6. The van der Waals surface area contributed by atoms with Gasteiger partial charge in [-0.1, -0.05) is 66.4 Å². The number of anilines is 1. The van der Waals surface area contributed by atoms with E-state index < -0.39 is 5.25 Å². The van der Waals surface area contributed by atoms with Gasteiger partial charge in [-0.2, -0.15) is 0 Å². The number of hydrogen-bond acceptors (Lipinski definition) is 7. The lowest BCUT2D eigenvalue weighted by Gasteiger charge is -2.33. The number of hydrogen-bond donors (Lipinski definition) is 2. The van der Waals surface area contributed by atoms with Crippen LogP contribution in [0.4, 0.5) is 5.69 Å². The van der Waals surface area contributed by atoms with Gasteiger partial charge in [-0.25, -0.2) is 4.68 Å². The fraction of sp³-hybridized carbons (Fsp3) is 0.160. The van der Waals surface area contributed by atoms with Crippen LogP contribution in [0.2, 0.25) is 0 Å². The highest BCUT2D eigenvalue weighted by Crippen LogP contribution is 2.39. The molecule has 3 aromatic carbocycles. The number of methoxy groups -OCH3 is 2. The first-order valence-electron chi connectivity index (χ1n) is 10.7. The molecule has 4 aromatic rings. The molecule has 1 amide bonds. The van der Waals surface area contributed by atoms with E-state index in [2.05, 4.69) is 20.9 Å². The molecule has 2 heterocycles. The minimum Gasteiger partial charge on any atom is -0.497 e. The summed E-state index contributed by atoms with van der Waals surface area (Å²) in [6.07, 6.45) is 0. The fourth-order valence-corrected chi connectivity index (χ4v) is 4.92. The third-order valence-corrected chi connectivity index (χ3v) is 6.78. The third kappa shape index (κ3) is 4.17. The fourth-order valence-electron chi connectivity index (χ4n) is 3.84. The van der Waals surface area contributed by atoms with Crippen molar-refractivity contribution in [1.82, 2.24) is 14.9 Å². The third-order valence-electron chi connectivity index (χ3n) is 5.57. The Hall–Kier alpha value is -3.98. The van der Waals surface area contributed by atoms with Gasteiger partial charge in [0, 0.05) is 5.56 Å². The summed E-state index contributed by atoms with van der Waals surface area (Å²) in [4.78, 5) is 13.5. The molecule has 0 saturated heterocycles. The van der Waals surface area contributed by atoms with Gasteiger partial charge >= 0.3 is 0 Å². The molecule has 0 spiro atoms. The number of ether oxygens (including phenoxy) is 2. The number of nitrogens with zero attached hydrogens (tertiary/aromatic N) is 3. The van der Waals surface area contributed by atoms with Crippen LogP contribution in [-0.4, -0.2) is 40.3 Å². The summed E-state index contributed by atoms with van der Waals surface area (Å²) in [6, 6.07) is 24.5. The van der Waals surface area contributed by atoms with E-state index in [9.17, 15) is 4.79 Å². The molecule has 2 N–H and O–H groups in total. The first kappa shape index (κ1) is 21.8. The molecular weight excluding hydrogens is 450 g/mol. The van der Waals surface area contributed by atoms with E-state index in [0.717, 1.165) is 16.9 Å². The first-order valence-corrected chi connectivity index (χ1v) is 11.6. The second-order valence-electron chi connectivity index (χ2n) is 7.62. The van der Waals surface area contributed by atoms with Gasteiger partial charge in [-0.3, -0.25) is 4.79 Å². The van der Waals surface area contributed by atoms with Gasteiger partial charge in [0.05, 0.1) is 25.9 Å². The summed E-state index contributed by atoms with van der Waals surface area (Å²) in [7, 11) is 3.21. The Labute approximate surface area is 201 Å². The number of benzene rings is 3. The summed E-state index contributed by atoms with van der Waals surface area (Å²) in [6.45, 7) is 0. The molecule has 9 heteroatoms. The van der Waals surface area contributed by atoms with Gasteiger partial charge in [-0.05, 0) is 29.8 Å². The predicted molar refractivity (Wildman–Crippen MR) is 132 cm³/mol. The van der Waals surface area contributed by atoms with Crippen molar-refractivity contribution in [2.45, 2.75) is 16.4 Å². The second-order valence-corrected chi connectivity index (χ2v) is 8.72. The van der Waals surface area contributed by atoms with Crippen molar-refractivity contribution in [3.05, 3.63) is 84.4 Å². The highest BCUT2D eigenvalue weighted by atomic mass is 32.2. The van der Waals surface area contributed by atoms with Crippen LogP contribution in [0.1, 0.15) is 11.6 Å². The number of aromatic nitrogens is 3. The van der Waals surface area contributed by atoms with Crippen molar-refractivity contribution in [3.8, 4) is 22.9 Å². The van der Waals surface area contributed by atoms with Crippen LogP contribution < -0.4 is 20.2 Å². The van der Waals surface area contributed by atoms with Gasteiger partial charge in [0.1, 0.15) is 16.7 Å². The molecule has 0 unspecified atom stereocenters. The quantitative estimate of drug-likeness (QED) is 0.430. The molecule has 0 radical (unpaired) electrons. The van der Waals surface area contributed by atoms with Crippen LogP contribution >= 0.6 is 11.8 Å². The maximum absolute atomic E-state index is 13.5. The molecule has 1 aliphatic rings. The Morgan fingerprint density at radius 3 is 2.41 bits per heavy atom. The van der Waals surface area contributed by atoms with Crippen LogP contribution in [0.15, 0.2) is 84.0 Å². The minimum atomic E-state index is -0.515. The lowest BCUT2D eigenvalue weighted by Crippen LogP contribution is -2.41. The molecule has 172 valence electrons. The topological polar surface area (TPSA) is 90.3 Å². The number of fused-ring (bicyclic) bond motifs is 1. The maximum atomic E-state index is 13.5. The number of para-hydroxylation sites is 2. The summed E-state index contributed by atoms with van der Waals surface area (Å²) >= 11 is 1.37. The largest absolute Gasteiger partial charge is 0.497 e. The monoisotopic (exact) mass is 473 g/mol. The lowest BCUT2D eigenvalue weighted by molar-refractivity contribution is -0.116. The van der Waals surface area contributed by atoms with Gasteiger partial charge in [0.2, 0.25) is 11.1 Å². The molecule has 0 saturated carbocycles. The number of rotatable bonds is 6. The Morgan fingerprint density at radius 1 is 0.941 bits per heavy atom. The van der Waals surface area contributed by atoms with Gasteiger partial charge < -0.3 is 20.2 Å². The summed E-state index contributed by atoms with van der Waals surface area (Å²) in [5, 5.41) is 11.9. The average Bonchev–Trinajstić information content (AvgIpc) is 3.32. The highest BCUT2D eigenvalue weighted by Gasteiger charge is 2.38. The van der Waals surface area contributed by atoms with Crippen molar-refractivity contribution < 1.29 is 14.3 Å². The Morgan fingerprint density at radius 2 is 1.68 bits per heavy atom. The molecule has 2 atom stereocenters. The van der Waals surface area contributed by atoms with Gasteiger partial charge in [0.25, 0.3) is 0 Å². The molecule has 0 bridgehead atoms. The summed E-state index contributed by atoms with van der Waals surface area (Å²) in [5.41, 5.74) is 5.96. The molecule has 8 nitrogen and oxygen atoms in total. The molecule has 1 aromatic heterocycles.